The van der Waals surface area contributed by atoms with Crippen LogP contribution in [-0.2, 0) is 11.4 Å². The Bertz CT molecular complexity index is 1290. The van der Waals surface area contributed by atoms with Gasteiger partial charge in [0.25, 0.3) is 5.91 Å². The molecule has 1 heterocycles. The molecule has 0 saturated carbocycles. The highest BCUT2D eigenvalue weighted by molar-refractivity contribution is 8.18. The lowest BCUT2D eigenvalue weighted by Gasteiger charge is -2.10. The van der Waals surface area contributed by atoms with Crippen molar-refractivity contribution in [2.45, 2.75) is 6.61 Å². The SMILES string of the molecule is O=C1NC(=Nc2cccc(Cl)c2Cl)S/C1=C/c1ccccc1OCc1ccc(C(=O)[O-])cc1. The van der Waals surface area contributed by atoms with Gasteiger partial charge in [-0.05, 0) is 47.2 Å². The molecule has 1 saturated heterocycles. The zero-order chi connectivity index (χ0) is 23.4. The largest absolute Gasteiger partial charge is 0.545 e. The van der Waals surface area contributed by atoms with Crippen molar-refractivity contribution in [2.24, 2.45) is 4.99 Å². The van der Waals surface area contributed by atoms with Crippen molar-refractivity contribution >= 4 is 63.8 Å². The number of aliphatic imine (C=N–C) groups is 1. The molecular formula is C24H15Cl2N2O4S-. The molecule has 1 aliphatic heterocycles. The number of carboxylic acids is 1. The summed E-state index contributed by atoms with van der Waals surface area (Å²) in [6.45, 7) is 0.229. The molecule has 33 heavy (non-hydrogen) atoms. The van der Waals surface area contributed by atoms with Crippen molar-refractivity contribution < 1.29 is 19.4 Å². The first-order chi connectivity index (χ1) is 15.9. The van der Waals surface area contributed by atoms with Crippen LogP contribution in [0.4, 0.5) is 5.69 Å². The predicted octanol–water partition coefficient (Wildman–Crippen LogP) is 4.83. The van der Waals surface area contributed by atoms with Gasteiger partial charge in [-0.1, -0.05) is 71.7 Å². The molecule has 3 aromatic rings. The summed E-state index contributed by atoms with van der Waals surface area (Å²) in [4.78, 5) is 28.2. The van der Waals surface area contributed by atoms with Crippen LogP contribution in [0.5, 0.6) is 5.75 Å². The lowest BCUT2D eigenvalue weighted by Crippen LogP contribution is -2.22. The highest BCUT2D eigenvalue weighted by Crippen LogP contribution is 2.35. The maximum atomic E-state index is 12.5. The number of carbonyl (C=O) groups is 2. The van der Waals surface area contributed by atoms with Gasteiger partial charge in [0.1, 0.15) is 12.4 Å². The first-order valence-electron chi connectivity index (χ1n) is 9.66. The number of hydrogen-bond donors (Lipinski definition) is 1. The van der Waals surface area contributed by atoms with E-state index in [0.29, 0.717) is 37.1 Å². The van der Waals surface area contributed by atoms with Crippen LogP contribution in [0.1, 0.15) is 21.5 Å². The van der Waals surface area contributed by atoms with Gasteiger partial charge < -0.3 is 20.0 Å². The van der Waals surface area contributed by atoms with E-state index < -0.39 is 5.97 Å². The summed E-state index contributed by atoms with van der Waals surface area (Å²) in [5.74, 6) is -0.942. The van der Waals surface area contributed by atoms with E-state index in [2.05, 4.69) is 10.3 Å². The molecule has 0 atom stereocenters. The van der Waals surface area contributed by atoms with E-state index in [4.69, 9.17) is 27.9 Å². The molecule has 6 nitrogen and oxygen atoms in total. The van der Waals surface area contributed by atoms with Crippen molar-refractivity contribution in [2.75, 3.05) is 0 Å². The normalized spacial score (nSPS) is 15.6. The molecule has 3 aromatic carbocycles. The fraction of sp³-hybridized carbons (Fsp3) is 0.0417. The molecule has 1 fully saturated rings. The van der Waals surface area contributed by atoms with Crippen LogP contribution in [0.15, 0.2) is 76.6 Å². The lowest BCUT2D eigenvalue weighted by atomic mass is 10.1. The zero-order valence-corrected chi connectivity index (χ0v) is 19.2. The van der Waals surface area contributed by atoms with E-state index in [-0.39, 0.29) is 18.1 Å². The quantitative estimate of drug-likeness (QED) is 0.492. The van der Waals surface area contributed by atoms with Crippen LogP contribution in [0, 0.1) is 0 Å². The number of amidine groups is 1. The number of hydrogen-bond acceptors (Lipinski definition) is 6. The van der Waals surface area contributed by atoms with Gasteiger partial charge in [-0.2, -0.15) is 0 Å². The van der Waals surface area contributed by atoms with Crippen molar-refractivity contribution in [1.82, 2.24) is 5.32 Å². The minimum atomic E-state index is -1.23. The van der Waals surface area contributed by atoms with E-state index in [9.17, 15) is 14.7 Å². The van der Waals surface area contributed by atoms with Crippen LogP contribution >= 0.6 is 35.0 Å². The number of aromatic carboxylic acids is 1. The Labute approximate surface area is 203 Å². The molecule has 4 rings (SSSR count). The van der Waals surface area contributed by atoms with Crippen molar-refractivity contribution in [3.05, 3.63) is 98.4 Å². The average Bonchev–Trinajstić information content (AvgIpc) is 3.15. The molecule has 166 valence electrons. The monoisotopic (exact) mass is 497 g/mol. The number of para-hydroxylation sites is 1. The number of ether oxygens (including phenoxy) is 1. The topological polar surface area (TPSA) is 90.8 Å². The van der Waals surface area contributed by atoms with Gasteiger partial charge in [0.05, 0.1) is 26.6 Å². The summed E-state index contributed by atoms with van der Waals surface area (Å²) in [7, 11) is 0. The third-order valence-corrected chi connectivity index (χ3v) is 6.31. The maximum Gasteiger partial charge on any atom is 0.264 e. The van der Waals surface area contributed by atoms with Crippen molar-refractivity contribution in [3.63, 3.8) is 0 Å². The summed E-state index contributed by atoms with van der Waals surface area (Å²) in [5.41, 5.74) is 2.07. The Balaban J connectivity index is 1.51. The Hall–Kier alpha value is -3.26. The van der Waals surface area contributed by atoms with Crippen molar-refractivity contribution in [3.8, 4) is 5.75 Å². The minimum absolute atomic E-state index is 0.102. The second kappa shape index (κ2) is 10.1. The zero-order valence-electron chi connectivity index (χ0n) is 16.9. The Morgan fingerprint density at radius 1 is 1.06 bits per heavy atom. The number of carboxylic acid groups (broad SMARTS) is 1. The van der Waals surface area contributed by atoms with Gasteiger partial charge in [0.15, 0.2) is 5.17 Å². The van der Waals surface area contributed by atoms with E-state index in [1.807, 2.05) is 18.2 Å². The molecule has 0 spiro atoms. The average molecular weight is 498 g/mol. The Morgan fingerprint density at radius 3 is 2.58 bits per heavy atom. The summed E-state index contributed by atoms with van der Waals surface area (Å²) >= 11 is 13.4. The molecule has 9 heteroatoms. The number of thioether (sulfide) groups is 1. The molecule has 0 aliphatic carbocycles. The predicted molar refractivity (Wildman–Crippen MR) is 129 cm³/mol. The second-order valence-corrected chi connectivity index (χ2v) is 8.68. The van der Waals surface area contributed by atoms with Crippen molar-refractivity contribution in [1.29, 1.82) is 0 Å². The number of halogens is 2. The Morgan fingerprint density at radius 2 is 1.82 bits per heavy atom. The fourth-order valence-corrected chi connectivity index (χ4v) is 4.10. The Kier molecular flexibility index (Phi) is 7.03. The summed E-state index contributed by atoms with van der Waals surface area (Å²) in [6, 6.07) is 18.6. The van der Waals surface area contributed by atoms with Gasteiger partial charge in [-0.15, -0.1) is 0 Å². The fourth-order valence-electron chi connectivity index (χ4n) is 2.94. The number of carbonyl (C=O) groups excluding carboxylic acids is 2. The summed E-state index contributed by atoms with van der Waals surface area (Å²) in [5, 5.41) is 14.7. The third-order valence-electron chi connectivity index (χ3n) is 4.59. The van der Waals surface area contributed by atoms with Crippen LogP contribution in [0.2, 0.25) is 10.0 Å². The molecular weight excluding hydrogens is 483 g/mol. The third kappa shape index (κ3) is 5.57. The van der Waals surface area contributed by atoms with Gasteiger partial charge in [-0.25, -0.2) is 4.99 Å². The number of nitrogens with zero attached hydrogens (tertiary/aromatic N) is 1. The van der Waals surface area contributed by atoms with E-state index in [1.54, 1.807) is 42.5 Å². The van der Waals surface area contributed by atoms with Crippen LogP contribution in [0.3, 0.4) is 0 Å². The van der Waals surface area contributed by atoms with Crippen LogP contribution in [-0.4, -0.2) is 17.0 Å². The molecule has 0 bridgehead atoms. The molecule has 0 unspecified atom stereocenters. The number of benzene rings is 3. The molecule has 1 amide bonds. The van der Waals surface area contributed by atoms with Crippen LogP contribution in [0.25, 0.3) is 6.08 Å². The highest BCUT2D eigenvalue weighted by Gasteiger charge is 2.24. The lowest BCUT2D eigenvalue weighted by molar-refractivity contribution is -0.255. The van der Waals surface area contributed by atoms with Gasteiger partial charge >= 0.3 is 0 Å². The highest BCUT2D eigenvalue weighted by atomic mass is 35.5. The first kappa shape index (κ1) is 22.9. The van der Waals surface area contributed by atoms with Crippen LogP contribution < -0.4 is 15.2 Å². The molecule has 0 aromatic heterocycles. The molecule has 1 aliphatic rings. The second-order valence-electron chi connectivity index (χ2n) is 6.87. The standard InChI is InChI=1S/C24H16Cl2N2O4S/c25-17-5-3-6-18(21(17)26)27-24-28-22(29)20(33-24)12-16-4-1-2-7-19(16)32-13-14-8-10-15(11-9-14)23(30)31/h1-12H,13H2,(H,30,31)(H,27,28,29)/p-1/b20-12+. The molecule has 1 N–H and O–H groups in total. The van der Waals surface area contributed by atoms with Gasteiger partial charge in [0, 0.05) is 5.56 Å². The first-order valence-corrected chi connectivity index (χ1v) is 11.2. The number of rotatable bonds is 6. The van der Waals surface area contributed by atoms with Gasteiger partial charge in [-0.3, -0.25) is 4.79 Å². The number of nitrogens with one attached hydrogen (secondary N) is 1. The number of amides is 1. The summed E-state index contributed by atoms with van der Waals surface area (Å²) < 4.78 is 5.91. The smallest absolute Gasteiger partial charge is 0.264 e. The maximum absolute atomic E-state index is 12.5. The summed E-state index contributed by atoms with van der Waals surface area (Å²) in [6.07, 6.45) is 1.72. The van der Waals surface area contributed by atoms with E-state index >= 15 is 0 Å². The van der Waals surface area contributed by atoms with Gasteiger partial charge in [0.2, 0.25) is 0 Å². The van der Waals surface area contributed by atoms with E-state index in [1.165, 1.54) is 23.9 Å². The molecule has 0 radical (unpaired) electrons. The van der Waals surface area contributed by atoms with E-state index in [0.717, 1.165) is 5.56 Å². The minimum Gasteiger partial charge on any atom is -0.545 e.